The monoisotopic (exact) mass is 392 g/mol. The minimum absolute atomic E-state index is 0.128. The molecule has 1 N–H and O–H groups in total. The van der Waals surface area contributed by atoms with Gasteiger partial charge in [-0.1, -0.05) is 24.3 Å². The predicted octanol–water partition coefficient (Wildman–Crippen LogP) is 1.96. The Morgan fingerprint density at radius 2 is 1.81 bits per heavy atom. The Kier molecular flexibility index (Phi) is 7.06. The molecular weight excluding hydrogens is 368 g/mol. The SMILES string of the molecule is COc1ccccc1OCC(=O)NCCN(c1cccc(C)c1)S(C)(=O)=O. The van der Waals surface area contributed by atoms with Crippen LogP contribution in [0.3, 0.4) is 0 Å². The molecule has 146 valence electrons. The molecule has 0 aliphatic heterocycles. The lowest BCUT2D eigenvalue weighted by Crippen LogP contribution is -2.39. The minimum atomic E-state index is -3.46. The van der Waals surface area contributed by atoms with E-state index < -0.39 is 10.0 Å². The van der Waals surface area contributed by atoms with Gasteiger partial charge >= 0.3 is 0 Å². The van der Waals surface area contributed by atoms with Gasteiger partial charge in [-0.2, -0.15) is 0 Å². The van der Waals surface area contributed by atoms with Gasteiger partial charge in [-0.05, 0) is 36.8 Å². The summed E-state index contributed by atoms with van der Waals surface area (Å²) in [6.07, 6.45) is 1.14. The van der Waals surface area contributed by atoms with Crippen LogP contribution in [0.5, 0.6) is 11.5 Å². The van der Waals surface area contributed by atoms with Gasteiger partial charge in [0.2, 0.25) is 10.0 Å². The number of nitrogens with one attached hydrogen (secondary N) is 1. The first kappa shape index (κ1) is 20.6. The first-order valence-electron chi connectivity index (χ1n) is 8.38. The molecule has 27 heavy (non-hydrogen) atoms. The van der Waals surface area contributed by atoms with E-state index in [4.69, 9.17) is 9.47 Å². The third kappa shape index (κ3) is 6.18. The summed E-state index contributed by atoms with van der Waals surface area (Å²) in [6, 6.07) is 14.2. The van der Waals surface area contributed by atoms with Crippen LogP contribution in [0.15, 0.2) is 48.5 Å². The van der Waals surface area contributed by atoms with Gasteiger partial charge in [0.1, 0.15) is 0 Å². The number of hydrogen-bond donors (Lipinski definition) is 1. The Bertz CT molecular complexity index is 883. The van der Waals surface area contributed by atoms with Gasteiger partial charge < -0.3 is 14.8 Å². The molecule has 8 heteroatoms. The van der Waals surface area contributed by atoms with Crippen LogP contribution in [-0.4, -0.2) is 47.4 Å². The normalized spacial score (nSPS) is 10.9. The quantitative estimate of drug-likeness (QED) is 0.705. The molecule has 0 aromatic heterocycles. The predicted molar refractivity (Wildman–Crippen MR) is 105 cm³/mol. The summed E-state index contributed by atoms with van der Waals surface area (Å²) in [4.78, 5) is 12.0. The second-order valence-electron chi connectivity index (χ2n) is 5.96. The summed E-state index contributed by atoms with van der Waals surface area (Å²) in [6.45, 7) is 1.99. The Morgan fingerprint density at radius 1 is 1.11 bits per heavy atom. The van der Waals surface area contributed by atoms with Crippen LogP contribution < -0.4 is 19.1 Å². The van der Waals surface area contributed by atoms with E-state index in [1.165, 1.54) is 11.4 Å². The fourth-order valence-electron chi connectivity index (χ4n) is 2.50. The number of para-hydroxylation sites is 2. The van der Waals surface area contributed by atoms with Crippen molar-refractivity contribution in [2.75, 3.05) is 37.4 Å². The zero-order valence-electron chi connectivity index (χ0n) is 15.6. The number of anilines is 1. The van der Waals surface area contributed by atoms with E-state index in [0.29, 0.717) is 17.2 Å². The van der Waals surface area contributed by atoms with Crippen molar-refractivity contribution in [2.24, 2.45) is 0 Å². The molecule has 0 saturated heterocycles. The van der Waals surface area contributed by atoms with Crippen LogP contribution in [0.2, 0.25) is 0 Å². The minimum Gasteiger partial charge on any atom is -0.493 e. The summed E-state index contributed by atoms with van der Waals surface area (Å²) in [5.74, 6) is 0.652. The zero-order valence-corrected chi connectivity index (χ0v) is 16.5. The van der Waals surface area contributed by atoms with Crippen LogP contribution in [0.1, 0.15) is 5.56 Å². The first-order chi connectivity index (χ1) is 12.8. The van der Waals surface area contributed by atoms with Crippen molar-refractivity contribution in [3.63, 3.8) is 0 Å². The molecule has 0 bridgehead atoms. The molecule has 0 radical (unpaired) electrons. The van der Waals surface area contributed by atoms with Crippen LogP contribution in [0, 0.1) is 6.92 Å². The molecule has 0 spiro atoms. The maximum atomic E-state index is 12.1. The number of rotatable bonds is 9. The molecule has 0 unspecified atom stereocenters. The van der Waals surface area contributed by atoms with Gasteiger partial charge in [-0.25, -0.2) is 8.42 Å². The highest BCUT2D eigenvalue weighted by atomic mass is 32.2. The van der Waals surface area contributed by atoms with Crippen molar-refractivity contribution in [3.8, 4) is 11.5 Å². The summed E-state index contributed by atoms with van der Waals surface area (Å²) in [7, 11) is -1.94. The highest BCUT2D eigenvalue weighted by molar-refractivity contribution is 7.92. The van der Waals surface area contributed by atoms with Crippen LogP contribution in [-0.2, 0) is 14.8 Å². The van der Waals surface area contributed by atoms with Crippen molar-refractivity contribution in [1.29, 1.82) is 0 Å². The second-order valence-corrected chi connectivity index (χ2v) is 7.87. The second kappa shape index (κ2) is 9.27. The Morgan fingerprint density at radius 3 is 2.44 bits per heavy atom. The van der Waals surface area contributed by atoms with Gasteiger partial charge in [-0.15, -0.1) is 0 Å². The molecule has 0 saturated carbocycles. The number of carbonyl (C=O) groups excluding carboxylic acids is 1. The van der Waals surface area contributed by atoms with E-state index in [-0.39, 0.29) is 25.6 Å². The number of amides is 1. The molecule has 2 rings (SSSR count). The van der Waals surface area contributed by atoms with E-state index >= 15 is 0 Å². The van der Waals surface area contributed by atoms with Gasteiger partial charge in [0.25, 0.3) is 5.91 Å². The number of aryl methyl sites for hydroxylation is 1. The van der Waals surface area contributed by atoms with Gasteiger partial charge in [0.15, 0.2) is 18.1 Å². The molecule has 0 fully saturated rings. The highest BCUT2D eigenvalue weighted by Gasteiger charge is 2.17. The smallest absolute Gasteiger partial charge is 0.258 e. The Hall–Kier alpha value is -2.74. The number of ether oxygens (including phenoxy) is 2. The van der Waals surface area contributed by atoms with E-state index in [1.54, 1.807) is 42.5 Å². The number of methoxy groups -OCH3 is 1. The molecule has 0 aliphatic carbocycles. The largest absolute Gasteiger partial charge is 0.493 e. The van der Waals surface area contributed by atoms with Gasteiger partial charge in [-0.3, -0.25) is 9.10 Å². The summed E-state index contributed by atoms with van der Waals surface area (Å²) >= 11 is 0. The van der Waals surface area contributed by atoms with Crippen molar-refractivity contribution < 1.29 is 22.7 Å². The standard InChI is InChI=1S/C19H24N2O5S/c1-15-7-6-8-16(13-15)21(27(3,23)24)12-11-20-19(22)14-26-18-10-5-4-9-17(18)25-2/h4-10,13H,11-12,14H2,1-3H3,(H,20,22). The highest BCUT2D eigenvalue weighted by Crippen LogP contribution is 2.25. The van der Waals surface area contributed by atoms with Gasteiger partial charge in [0, 0.05) is 6.54 Å². The summed E-state index contributed by atoms with van der Waals surface area (Å²) in [5, 5.41) is 2.67. The number of nitrogens with zero attached hydrogens (tertiary/aromatic N) is 1. The summed E-state index contributed by atoms with van der Waals surface area (Å²) < 4.78 is 36.0. The van der Waals surface area contributed by atoms with Crippen LogP contribution >= 0.6 is 0 Å². The molecule has 0 atom stereocenters. The molecule has 2 aromatic carbocycles. The first-order valence-corrected chi connectivity index (χ1v) is 10.2. The van der Waals surface area contributed by atoms with E-state index in [9.17, 15) is 13.2 Å². The number of sulfonamides is 1. The zero-order chi connectivity index (χ0) is 19.9. The molecule has 1 amide bonds. The third-order valence-corrected chi connectivity index (χ3v) is 4.95. The maximum Gasteiger partial charge on any atom is 0.258 e. The van der Waals surface area contributed by atoms with Crippen LogP contribution in [0.4, 0.5) is 5.69 Å². The average Bonchev–Trinajstić information content (AvgIpc) is 2.62. The van der Waals surface area contributed by atoms with Crippen molar-refractivity contribution in [2.45, 2.75) is 6.92 Å². The van der Waals surface area contributed by atoms with Crippen molar-refractivity contribution in [3.05, 3.63) is 54.1 Å². The fraction of sp³-hybridized carbons (Fsp3) is 0.316. The number of carbonyl (C=O) groups is 1. The lowest BCUT2D eigenvalue weighted by atomic mass is 10.2. The Labute approximate surface area is 160 Å². The molecule has 7 nitrogen and oxygen atoms in total. The Balaban J connectivity index is 1.90. The third-order valence-electron chi connectivity index (χ3n) is 3.75. The van der Waals surface area contributed by atoms with E-state index in [0.717, 1.165) is 11.8 Å². The fourth-order valence-corrected chi connectivity index (χ4v) is 3.42. The number of benzene rings is 2. The summed E-state index contributed by atoms with van der Waals surface area (Å²) in [5.41, 5.74) is 1.52. The van der Waals surface area contributed by atoms with Gasteiger partial charge in [0.05, 0.1) is 25.6 Å². The van der Waals surface area contributed by atoms with Crippen LogP contribution in [0.25, 0.3) is 0 Å². The van der Waals surface area contributed by atoms with E-state index in [2.05, 4.69) is 5.32 Å². The molecular formula is C19H24N2O5S. The average molecular weight is 392 g/mol. The topological polar surface area (TPSA) is 84.9 Å². The molecule has 2 aromatic rings. The lowest BCUT2D eigenvalue weighted by Gasteiger charge is -2.23. The number of hydrogen-bond acceptors (Lipinski definition) is 5. The lowest BCUT2D eigenvalue weighted by molar-refractivity contribution is -0.123. The van der Waals surface area contributed by atoms with Crippen molar-refractivity contribution >= 4 is 21.6 Å². The van der Waals surface area contributed by atoms with E-state index in [1.807, 2.05) is 13.0 Å². The van der Waals surface area contributed by atoms with Crippen molar-refractivity contribution in [1.82, 2.24) is 5.32 Å². The maximum absolute atomic E-state index is 12.1. The molecule has 0 heterocycles. The molecule has 0 aliphatic rings.